The number of rotatable bonds is 5. The maximum atomic E-state index is 13.1. The van der Waals surface area contributed by atoms with Gasteiger partial charge in [0.05, 0.1) is 10.6 Å². The van der Waals surface area contributed by atoms with Crippen molar-refractivity contribution >= 4 is 45.4 Å². The third-order valence-corrected chi connectivity index (χ3v) is 6.15. The second-order valence-corrected chi connectivity index (χ2v) is 8.28. The highest BCUT2D eigenvalue weighted by Gasteiger charge is 2.33. The Morgan fingerprint density at radius 2 is 1.72 bits per heavy atom. The van der Waals surface area contributed by atoms with Crippen molar-refractivity contribution in [1.29, 1.82) is 0 Å². The van der Waals surface area contributed by atoms with Crippen molar-refractivity contribution in [3.05, 3.63) is 108 Å². The summed E-state index contributed by atoms with van der Waals surface area (Å²) in [4.78, 5) is 20.2. The summed E-state index contributed by atoms with van der Waals surface area (Å²) < 4.78 is 5.97. The van der Waals surface area contributed by atoms with Gasteiger partial charge in [0.15, 0.2) is 5.17 Å². The molecule has 0 unspecified atom stereocenters. The predicted molar refractivity (Wildman–Crippen MR) is 133 cm³/mol. The van der Waals surface area contributed by atoms with Crippen LogP contribution in [0, 0.1) is 0 Å². The Kier molecular flexibility index (Phi) is 5.48. The number of amidine groups is 1. The number of nitrogens with zero attached hydrogens (tertiary/aromatic N) is 2. The molecule has 1 amide bonds. The van der Waals surface area contributed by atoms with Gasteiger partial charge in [-0.25, -0.2) is 4.99 Å². The molecule has 1 fully saturated rings. The number of thioether (sulfide) groups is 1. The number of fused-ring (bicyclic) bond motifs is 1. The van der Waals surface area contributed by atoms with Crippen molar-refractivity contribution in [2.45, 2.75) is 0 Å². The van der Waals surface area contributed by atoms with Crippen molar-refractivity contribution in [3.8, 4) is 11.3 Å². The molecule has 0 atom stereocenters. The van der Waals surface area contributed by atoms with Crippen molar-refractivity contribution in [2.24, 2.45) is 4.99 Å². The van der Waals surface area contributed by atoms with Crippen molar-refractivity contribution in [1.82, 2.24) is 4.90 Å². The van der Waals surface area contributed by atoms with Gasteiger partial charge in [-0.15, -0.1) is 6.58 Å². The van der Waals surface area contributed by atoms with Crippen LogP contribution in [0.25, 0.3) is 28.2 Å². The van der Waals surface area contributed by atoms with E-state index in [0.717, 1.165) is 27.8 Å². The van der Waals surface area contributed by atoms with Gasteiger partial charge in [-0.1, -0.05) is 72.8 Å². The smallest absolute Gasteiger partial charge is 0.267 e. The average Bonchev–Trinajstić information content (AvgIpc) is 3.41. The highest BCUT2D eigenvalue weighted by atomic mass is 32.2. The van der Waals surface area contributed by atoms with E-state index in [9.17, 15) is 4.79 Å². The van der Waals surface area contributed by atoms with Gasteiger partial charge >= 0.3 is 0 Å². The van der Waals surface area contributed by atoms with E-state index in [2.05, 4.69) is 18.7 Å². The van der Waals surface area contributed by atoms with Crippen LogP contribution in [0.15, 0.2) is 112 Å². The summed E-state index contributed by atoms with van der Waals surface area (Å²) in [5.74, 6) is 1.29. The van der Waals surface area contributed by atoms with Crippen LogP contribution in [0.2, 0.25) is 0 Å². The van der Waals surface area contributed by atoms with Gasteiger partial charge in [0.1, 0.15) is 11.5 Å². The zero-order valence-corrected chi connectivity index (χ0v) is 18.1. The average molecular weight is 437 g/mol. The second-order valence-electron chi connectivity index (χ2n) is 7.28. The Hall–Kier alpha value is -3.83. The lowest BCUT2D eigenvalue weighted by molar-refractivity contribution is -0.121. The van der Waals surface area contributed by atoms with E-state index in [1.807, 2.05) is 72.8 Å². The lowest BCUT2D eigenvalue weighted by Gasteiger charge is -2.13. The van der Waals surface area contributed by atoms with Crippen molar-refractivity contribution < 1.29 is 9.21 Å². The van der Waals surface area contributed by atoms with E-state index >= 15 is 0 Å². The first kappa shape index (κ1) is 20.1. The minimum absolute atomic E-state index is 0.105. The standard InChI is InChI=1S/C27H20N2O2S/c1-2-17-29-26(30)25(18-21-15-16-24(31-21)20-10-4-3-5-11-20)32-27(29)28-23-14-8-12-19-9-6-7-13-22(19)23/h2-16,18H,1,17H2/b25-18-,28-27?. The van der Waals surface area contributed by atoms with Crippen LogP contribution in [0.5, 0.6) is 0 Å². The molecule has 0 aliphatic carbocycles. The minimum atomic E-state index is -0.105. The minimum Gasteiger partial charge on any atom is -0.457 e. The summed E-state index contributed by atoms with van der Waals surface area (Å²) in [6.45, 7) is 4.19. The summed E-state index contributed by atoms with van der Waals surface area (Å²) in [6.07, 6.45) is 3.49. The van der Waals surface area contributed by atoms with Gasteiger partial charge in [0.25, 0.3) is 5.91 Å². The first-order valence-electron chi connectivity index (χ1n) is 10.3. The normalized spacial score (nSPS) is 16.4. The van der Waals surface area contributed by atoms with Crippen LogP contribution in [0.3, 0.4) is 0 Å². The van der Waals surface area contributed by atoms with Gasteiger partial charge in [-0.05, 0) is 35.3 Å². The molecule has 0 saturated carbocycles. The number of carbonyl (C=O) groups excluding carboxylic acids is 1. The fraction of sp³-hybridized carbons (Fsp3) is 0.0370. The molecular formula is C27H20N2O2S. The number of hydrogen-bond acceptors (Lipinski definition) is 4. The Morgan fingerprint density at radius 1 is 0.938 bits per heavy atom. The number of amides is 1. The fourth-order valence-electron chi connectivity index (χ4n) is 3.61. The Labute approximate surface area is 190 Å². The molecule has 4 aromatic rings. The summed E-state index contributed by atoms with van der Waals surface area (Å²) >= 11 is 1.35. The summed E-state index contributed by atoms with van der Waals surface area (Å²) in [5.41, 5.74) is 1.83. The molecule has 0 spiro atoms. The number of furan rings is 1. The van der Waals surface area contributed by atoms with Crippen molar-refractivity contribution in [2.75, 3.05) is 6.54 Å². The number of carbonyl (C=O) groups is 1. The third kappa shape index (κ3) is 3.90. The molecule has 5 rings (SSSR count). The second kappa shape index (κ2) is 8.73. The van der Waals surface area contributed by atoms with E-state index in [0.29, 0.717) is 22.4 Å². The molecule has 1 aliphatic heterocycles. The fourth-order valence-corrected chi connectivity index (χ4v) is 4.59. The van der Waals surface area contributed by atoms with Crippen LogP contribution in [-0.2, 0) is 4.79 Å². The molecule has 3 aromatic carbocycles. The molecule has 4 nitrogen and oxygen atoms in total. The quantitative estimate of drug-likeness (QED) is 0.253. The summed E-state index contributed by atoms with van der Waals surface area (Å²) in [5, 5.41) is 2.79. The maximum Gasteiger partial charge on any atom is 0.267 e. The van der Waals surface area contributed by atoms with E-state index in [4.69, 9.17) is 9.41 Å². The number of benzene rings is 3. The number of aliphatic imine (C=N–C) groups is 1. The molecule has 1 saturated heterocycles. The van der Waals surface area contributed by atoms with Crippen molar-refractivity contribution in [3.63, 3.8) is 0 Å². The van der Waals surface area contributed by atoms with Gasteiger partial charge in [0, 0.05) is 23.6 Å². The SMILES string of the molecule is C=CCN1C(=O)/C(=C/c2ccc(-c3ccccc3)o2)SC1=Nc1cccc2ccccc12. The van der Waals surface area contributed by atoms with Crippen LogP contribution in [0.1, 0.15) is 5.76 Å². The highest BCUT2D eigenvalue weighted by Crippen LogP contribution is 2.36. The van der Waals surface area contributed by atoms with E-state index in [1.54, 1.807) is 17.1 Å². The van der Waals surface area contributed by atoms with Crippen LogP contribution in [-0.4, -0.2) is 22.5 Å². The molecule has 32 heavy (non-hydrogen) atoms. The van der Waals surface area contributed by atoms with Gasteiger partial charge in [-0.3, -0.25) is 9.69 Å². The summed E-state index contributed by atoms with van der Waals surface area (Å²) in [6, 6.07) is 27.8. The van der Waals surface area contributed by atoms with E-state index < -0.39 is 0 Å². The molecule has 1 aliphatic rings. The first-order valence-corrected chi connectivity index (χ1v) is 11.1. The molecule has 5 heteroatoms. The van der Waals surface area contributed by atoms with Crippen LogP contribution < -0.4 is 0 Å². The Bertz CT molecular complexity index is 1360. The van der Waals surface area contributed by atoms with E-state index in [1.165, 1.54) is 11.8 Å². The van der Waals surface area contributed by atoms with Gasteiger partial charge in [-0.2, -0.15) is 0 Å². The monoisotopic (exact) mass is 436 g/mol. The Balaban J connectivity index is 1.49. The molecule has 2 heterocycles. The molecule has 1 aromatic heterocycles. The zero-order valence-electron chi connectivity index (χ0n) is 17.3. The molecule has 0 bridgehead atoms. The number of hydrogen-bond donors (Lipinski definition) is 0. The van der Waals surface area contributed by atoms with E-state index in [-0.39, 0.29) is 5.91 Å². The van der Waals surface area contributed by atoms with Crippen LogP contribution >= 0.6 is 11.8 Å². The van der Waals surface area contributed by atoms with Gasteiger partial charge < -0.3 is 4.42 Å². The highest BCUT2D eigenvalue weighted by molar-refractivity contribution is 8.18. The molecule has 156 valence electrons. The Morgan fingerprint density at radius 3 is 2.56 bits per heavy atom. The topological polar surface area (TPSA) is 45.8 Å². The van der Waals surface area contributed by atoms with Crippen LogP contribution in [0.4, 0.5) is 5.69 Å². The lowest BCUT2D eigenvalue weighted by atomic mass is 10.1. The predicted octanol–water partition coefficient (Wildman–Crippen LogP) is 6.89. The lowest BCUT2D eigenvalue weighted by Crippen LogP contribution is -2.29. The molecule has 0 radical (unpaired) electrons. The first-order chi connectivity index (χ1) is 15.7. The third-order valence-electron chi connectivity index (χ3n) is 5.14. The molecular weight excluding hydrogens is 416 g/mol. The largest absolute Gasteiger partial charge is 0.457 e. The zero-order chi connectivity index (χ0) is 21.9. The van der Waals surface area contributed by atoms with Gasteiger partial charge in [0.2, 0.25) is 0 Å². The molecule has 0 N–H and O–H groups in total. The summed E-state index contributed by atoms with van der Waals surface area (Å²) in [7, 11) is 0. The maximum absolute atomic E-state index is 13.1.